The molecule has 0 amide bonds. The van der Waals surface area contributed by atoms with Crippen molar-refractivity contribution >= 4 is 11.6 Å². The fraction of sp³-hybridized carbons (Fsp3) is 0.150. The molecule has 0 aliphatic carbocycles. The van der Waals surface area contributed by atoms with Crippen LogP contribution in [0.25, 0.3) is 23.0 Å². The first kappa shape index (κ1) is 17.2. The third-order valence-corrected chi connectivity index (χ3v) is 3.95. The van der Waals surface area contributed by atoms with E-state index in [4.69, 9.17) is 9.47 Å². The van der Waals surface area contributed by atoms with Crippen LogP contribution in [0.4, 0.5) is 0 Å². The van der Waals surface area contributed by atoms with Crippen molar-refractivity contribution in [2.45, 2.75) is 0 Å². The number of aromatic nitrogens is 3. The van der Waals surface area contributed by atoms with Gasteiger partial charge in [-0.15, -0.1) is 10.2 Å². The zero-order chi connectivity index (χ0) is 18.5. The topological polar surface area (TPSA) is 73.0 Å². The van der Waals surface area contributed by atoms with Gasteiger partial charge in [0, 0.05) is 18.7 Å². The normalized spacial score (nSPS) is 11.1. The van der Waals surface area contributed by atoms with E-state index in [1.165, 1.54) is 0 Å². The second-order valence-corrected chi connectivity index (χ2v) is 5.59. The molecule has 0 spiro atoms. The second kappa shape index (κ2) is 7.53. The zero-order valence-corrected chi connectivity index (χ0v) is 14.8. The van der Waals surface area contributed by atoms with Gasteiger partial charge in [-0.25, -0.2) is 0 Å². The molecule has 1 aromatic heterocycles. The van der Waals surface area contributed by atoms with E-state index in [9.17, 15) is 5.26 Å². The van der Waals surface area contributed by atoms with Gasteiger partial charge in [0.05, 0.1) is 19.8 Å². The minimum Gasteiger partial charge on any atom is -0.497 e. The minimum atomic E-state index is 0.400. The van der Waals surface area contributed by atoms with E-state index in [1.54, 1.807) is 26.4 Å². The first-order chi connectivity index (χ1) is 12.7. The highest BCUT2D eigenvalue weighted by Gasteiger charge is 2.14. The van der Waals surface area contributed by atoms with E-state index in [1.807, 2.05) is 54.1 Å². The molecule has 0 unspecified atom stereocenters. The molecule has 0 radical (unpaired) electrons. The Morgan fingerprint density at radius 1 is 1.04 bits per heavy atom. The van der Waals surface area contributed by atoms with Gasteiger partial charge in [0.2, 0.25) is 0 Å². The number of benzene rings is 2. The highest BCUT2D eigenvalue weighted by atomic mass is 16.5. The van der Waals surface area contributed by atoms with Crippen molar-refractivity contribution in [2.24, 2.45) is 7.05 Å². The van der Waals surface area contributed by atoms with Crippen molar-refractivity contribution in [1.29, 1.82) is 5.26 Å². The van der Waals surface area contributed by atoms with Crippen molar-refractivity contribution in [3.63, 3.8) is 0 Å². The Kier molecular flexibility index (Phi) is 4.99. The smallest absolute Gasteiger partial charge is 0.174 e. The Hall–Kier alpha value is -3.59. The lowest BCUT2D eigenvalue weighted by Gasteiger charge is -2.07. The largest absolute Gasteiger partial charge is 0.497 e. The van der Waals surface area contributed by atoms with Gasteiger partial charge in [-0.1, -0.05) is 30.3 Å². The molecule has 0 atom stereocenters. The average Bonchev–Trinajstić information content (AvgIpc) is 3.07. The lowest BCUT2D eigenvalue weighted by molar-refractivity contribution is 0.394. The molecule has 3 rings (SSSR count). The molecular weight excluding hydrogens is 328 g/mol. The van der Waals surface area contributed by atoms with Crippen LogP contribution in [0, 0.1) is 11.3 Å². The van der Waals surface area contributed by atoms with Crippen LogP contribution >= 0.6 is 0 Å². The Labute approximate surface area is 151 Å². The van der Waals surface area contributed by atoms with Crippen molar-refractivity contribution in [2.75, 3.05) is 14.2 Å². The molecule has 1 heterocycles. The van der Waals surface area contributed by atoms with Crippen LogP contribution in [-0.2, 0) is 7.05 Å². The van der Waals surface area contributed by atoms with E-state index in [0.717, 1.165) is 11.1 Å². The maximum atomic E-state index is 9.64. The van der Waals surface area contributed by atoms with Gasteiger partial charge in [0.25, 0.3) is 0 Å². The lowest BCUT2D eigenvalue weighted by atomic mass is 10.1. The number of hydrogen-bond donors (Lipinski definition) is 0. The summed E-state index contributed by atoms with van der Waals surface area (Å²) in [5, 5.41) is 18.1. The summed E-state index contributed by atoms with van der Waals surface area (Å²) < 4.78 is 12.4. The molecule has 3 aromatic rings. The van der Waals surface area contributed by atoms with E-state index in [2.05, 4.69) is 16.3 Å². The number of nitriles is 1. The first-order valence-electron chi connectivity index (χ1n) is 7.96. The molecule has 0 saturated heterocycles. The van der Waals surface area contributed by atoms with Crippen molar-refractivity contribution in [1.82, 2.24) is 14.8 Å². The molecule has 0 N–H and O–H groups in total. The molecule has 130 valence electrons. The number of methoxy groups -OCH3 is 2. The van der Waals surface area contributed by atoms with Crippen molar-refractivity contribution in [3.8, 4) is 29.0 Å². The van der Waals surface area contributed by atoms with Gasteiger partial charge < -0.3 is 14.0 Å². The van der Waals surface area contributed by atoms with Crippen LogP contribution in [-0.4, -0.2) is 29.0 Å². The third-order valence-electron chi connectivity index (χ3n) is 3.95. The Morgan fingerprint density at radius 3 is 2.27 bits per heavy atom. The van der Waals surface area contributed by atoms with E-state index in [-0.39, 0.29) is 0 Å². The van der Waals surface area contributed by atoms with Gasteiger partial charge in [-0.05, 0) is 23.8 Å². The lowest BCUT2D eigenvalue weighted by Crippen LogP contribution is -1.98. The summed E-state index contributed by atoms with van der Waals surface area (Å²) in [5.41, 5.74) is 2.12. The monoisotopic (exact) mass is 346 g/mol. The van der Waals surface area contributed by atoms with Crippen LogP contribution in [0.5, 0.6) is 11.5 Å². The Balaban J connectivity index is 2.04. The fourth-order valence-electron chi connectivity index (χ4n) is 2.63. The van der Waals surface area contributed by atoms with Crippen molar-refractivity contribution < 1.29 is 9.47 Å². The van der Waals surface area contributed by atoms with E-state index < -0.39 is 0 Å². The molecule has 26 heavy (non-hydrogen) atoms. The molecule has 0 bridgehead atoms. The maximum Gasteiger partial charge on any atom is 0.174 e. The van der Waals surface area contributed by atoms with E-state index in [0.29, 0.717) is 28.7 Å². The average molecular weight is 346 g/mol. The molecule has 0 saturated carbocycles. The highest BCUT2D eigenvalue weighted by molar-refractivity contribution is 5.88. The molecule has 0 aliphatic rings. The van der Waals surface area contributed by atoms with Crippen LogP contribution in [0.15, 0.2) is 48.5 Å². The Morgan fingerprint density at radius 2 is 1.69 bits per heavy atom. The predicted molar refractivity (Wildman–Crippen MR) is 99.5 cm³/mol. The van der Waals surface area contributed by atoms with Crippen molar-refractivity contribution in [3.05, 3.63) is 59.9 Å². The second-order valence-electron chi connectivity index (χ2n) is 5.59. The number of ether oxygens (including phenoxy) is 2. The highest BCUT2D eigenvalue weighted by Crippen LogP contribution is 2.26. The molecule has 2 aromatic carbocycles. The quantitative estimate of drug-likeness (QED) is 0.661. The summed E-state index contributed by atoms with van der Waals surface area (Å²) in [5.74, 6) is 2.49. The standard InChI is InChI=1S/C20H18N4O2/c1-24-19(15-7-5-4-6-8-15)22-23-20(24)16(13-21)9-14-10-17(25-2)12-18(11-14)26-3/h4-12H,1-3H3/b16-9+. The number of nitrogens with zero attached hydrogens (tertiary/aromatic N) is 4. The summed E-state index contributed by atoms with van der Waals surface area (Å²) >= 11 is 0. The van der Waals surface area contributed by atoms with Crippen LogP contribution in [0.2, 0.25) is 0 Å². The van der Waals surface area contributed by atoms with Gasteiger partial charge in [-0.3, -0.25) is 0 Å². The number of hydrogen-bond acceptors (Lipinski definition) is 5. The summed E-state index contributed by atoms with van der Waals surface area (Å²) in [6, 6.07) is 17.4. The number of allylic oxidation sites excluding steroid dienone is 1. The summed E-state index contributed by atoms with van der Waals surface area (Å²) in [7, 11) is 5.01. The summed E-state index contributed by atoms with van der Waals surface area (Å²) in [6.07, 6.45) is 1.74. The maximum absolute atomic E-state index is 9.64. The minimum absolute atomic E-state index is 0.400. The fourth-order valence-corrected chi connectivity index (χ4v) is 2.63. The van der Waals surface area contributed by atoms with Gasteiger partial charge in [0.1, 0.15) is 17.6 Å². The number of rotatable bonds is 5. The first-order valence-corrected chi connectivity index (χ1v) is 7.96. The van der Waals surface area contributed by atoms with Gasteiger partial charge >= 0.3 is 0 Å². The SMILES string of the molecule is COc1cc(/C=C(\C#N)c2nnc(-c3ccccc3)n2C)cc(OC)c1. The third kappa shape index (κ3) is 3.42. The predicted octanol–water partition coefficient (Wildman–Crippen LogP) is 3.56. The van der Waals surface area contributed by atoms with Gasteiger partial charge in [-0.2, -0.15) is 5.26 Å². The molecular formula is C20H18N4O2. The molecule has 6 heteroatoms. The summed E-state index contributed by atoms with van der Waals surface area (Å²) in [6.45, 7) is 0. The van der Waals surface area contributed by atoms with Gasteiger partial charge in [0.15, 0.2) is 11.6 Å². The molecule has 0 fully saturated rings. The molecule has 0 aliphatic heterocycles. The summed E-state index contributed by atoms with van der Waals surface area (Å²) in [4.78, 5) is 0. The Bertz CT molecular complexity index is 963. The van der Waals surface area contributed by atoms with Crippen LogP contribution in [0.3, 0.4) is 0 Å². The van der Waals surface area contributed by atoms with Crippen LogP contribution in [0.1, 0.15) is 11.4 Å². The molecule has 6 nitrogen and oxygen atoms in total. The zero-order valence-electron chi connectivity index (χ0n) is 14.8. The van der Waals surface area contributed by atoms with E-state index >= 15 is 0 Å². The van der Waals surface area contributed by atoms with Crippen LogP contribution < -0.4 is 9.47 Å².